The van der Waals surface area contributed by atoms with Crippen molar-refractivity contribution in [3.8, 4) is 5.75 Å². The predicted octanol–water partition coefficient (Wildman–Crippen LogP) is 2.51. The van der Waals surface area contributed by atoms with Crippen LogP contribution in [0.4, 0.5) is 0 Å². The molecule has 0 saturated heterocycles. The molecule has 1 atom stereocenters. The highest BCUT2D eigenvalue weighted by Crippen LogP contribution is 2.18. The van der Waals surface area contributed by atoms with Crippen LogP contribution in [-0.4, -0.2) is 19.8 Å². The molecule has 90 valence electrons. The van der Waals surface area contributed by atoms with Crippen molar-refractivity contribution in [2.45, 2.75) is 26.3 Å². The van der Waals surface area contributed by atoms with Crippen molar-refractivity contribution in [3.63, 3.8) is 0 Å². The Morgan fingerprint density at radius 3 is 2.38 bits per heavy atom. The molecule has 3 nitrogen and oxygen atoms in total. The van der Waals surface area contributed by atoms with Crippen LogP contribution in [0.15, 0.2) is 24.3 Å². The maximum atomic E-state index is 5.92. The van der Waals surface area contributed by atoms with E-state index in [1.165, 1.54) is 0 Å². The SMILES string of the molecule is CCOCCOc1ccc([C@H](N)CC)cc1. The zero-order chi connectivity index (χ0) is 11.8. The summed E-state index contributed by atoms with van der Waals surface area (Å²) in [5.74, 6) is 0.867. The molecule has 0 saturated carbocycles. The quantitative estimate of drug-likeness (QED) is 0.722. The first-order chi connectivity index (χ1) is 7.77. The maximum absolute atomic E-state index is 5.92. The van der Waals surface area contributed by atoms with Crippen LogP contribution in [0.3, 0.4) is 0 Å². The van der Waals surface area contributed by atoms with Crippen molar-refractivity contribution in [1.29, 1.82) is 0 Å². The molecule has 0 aliphatic carbocycles. The van der Waals surface area contributed by atoms with Crippen LogP contribution in [0.2, 0.25) is 0 Å². The number of rotatable bonds is 7. The molecule has 0 amide bonds. The lowest BCUT2D eigenvalue weighted by Gasteiger charge is -2.10. The van der Waals surface area contributed by atoms with Crippen molar-refractivity contribution >= 4 is 0 Å². The Hall–Kier alpha value is -1.06. The van der Waals surface area contributed by atoms with Gasteiger partial charge in [0.1, 0.15) is 12.4 Å². The Morgan fingerprint density at radius 1 is 1.12 bits per heavy atom. The Labute approximate surface area is 97.6 Å². The Bertz CT molecular complexity index is 284. The van der Waals surface area contributed by atoms with Crippen LogP contribution in [0.1, 0.15) is 31.9 Å². The third kappa shape index (κ3) is 4.21. The Morgan fingerprint density at radius 2 is 1.81 bits per heavy atom. The van der Waals surface area contributed by atoms with Gasteiger partial charge in [-0.15, -0.1) is 0 Å². The molecule has 0 bridgehead atoms. The Balaban J connectivity index is 2.39. The summed E-state index contributed by atoms with van der Waals surface area (Å²) in [6, 6.07) is 8.07. The van der Waals surface area contributed by atoms with E-state index < -0.39 is 0 Å². The van der Waals surface area contributed by atoms with E-state index in [-0.39, 0.29) is 6.04 Å². The van der Waals surface area contributed by atoms with Crippen LogP contribution < -0.4 is 10.5 Å². The summed E-state index contributed by atoms with van der Waals surface area (Å²) in [6.45, 7) is 6.01. The van der Waals surface area contributed by atoms with Gasteiger partial charge in [-0.2, -0.15) is 0 Å². The molecule has 0 aromatic heterocycles. The number of hydrogen-bond acceptors (Lipinski definition) is 3. The molecule has 16 heavy (non-hydrogen) atoms. The van der Waals surface area contributed by atoms with Crippen LogP contribution in [0.25, 0.3) is 0 Å². The second-order valence-electron chi connectivity index (χ2n) is 3.63. The van der Waals surface area contributed by atoms with Crippen molar-refractivity contribution in [3.05, 3.63) is 29.8 Å². The van der Waals surface area contributed by atoms with Crippen LogP contribution >= 0.6 is 0 Å². The van der Waals surface area contributed by atoms with E-state index in [9.17, 15) is 0 Å². The molecule has 0 heterocycles. The van der Waals surface area contributed by atoms with Gasteiger partial charge in [-0.1, -0.05) is 19.1 Å². The summed E-state index contributed by atoms with van der Waals surface area (Å²) in [6.07, 6.45) is 0.949. The minimum absolute atomic E-state index is 0.123. The molecule has 0 spiro atoms. The Kier molecular flexibility index (Phi) is 5.90. The molecule has 0 aliphatic heterocycles. The van der Waals surface area contributed by atoms with E-state index >= 15 is 0 Å². The minimum Gasteiger partial charge on any atom is -0.491 e. The highest BCUT2D eigenvalue weighted by atomic mass is 16.5. The summed E-state index contributed by atoms with van der Waals surface area (Å²) in [5.41, 5.74) is 7.08. The fraction of sp³-hybridized carbons (Fsp3) is 0.538. The van der Waals surface area contributed by atoms with Gasteiger partial charge < -0.3 is 15.2 Å². The molecule has 1 aromatic carbocycles. The van der Waals surface area contributed by atoms with Gasteiger partial charge >= 0.3 is 0 Å². The van der Waals surface area contributed by atoms with E-state index in [1.807, 2.05) is 31.2 Å². The van der Waals surface area contributed by atoms with Crippen molar-refractivity contribution < 1.29 is 9.47 Å². The summed E-state index contributed by atoms with van der Waals surface area (Å²) < 4.78 is 10.7. The molecule has 0 radical (unpaired) electrons. The highest BCUT2D eigenvalue weighted by molar-refractivity contribution is 5.28. The molecule has 3 heteroatoms. The average Bonchev–Trinajstić information content (AvgIpc) is 2.34. The van der Waals surface area contributed by atoms with Gasteiger partial charge in [0.05, 0.1) is 6.61 Å². The molecule has 1 rings (SSSR count). The van der Waals surface area contributed by atoms with E-state index in [4.69, 9.17) is 15.2 Å². The molecule has 0 aliphatic rings. The third-order valence-corrected chi connectivity index (χ3v) is 2.45. The molecule has 1 aromatic rings. The minimum atomic E-state index is 0.123. The lowest BCUT2D eigenvalue weighted by atomic mass is 10.1. The van der Waals surface area contributed by atoms with E-state index in [1.54, 1.807) is 0 Å². The first-order valence-corrected chi connectivity index (χ1v) is 5.84. The summed E-state index contributed by atoms with van der Waals surface area (Å²) >= 11 is 0. The lowest BCUT2D eigenvalue weighted by molar-refractivity contribution is 0.110. The second kappa shape index (κ2) is 7.25. The monoisotopic (exact) mass is 223 g/mol. The van der Waals surface area contributed by atoms with Gasteiger partial charge in [-0.25, -0.2) is 0 Å². The lowest BCUT2D eigenvalue weighted by Crippen LogP contribution is -2.09. The summed E-state index contributed by atoms with van der Waals surface area (Å²) in [7, 11) is 0. The average molecular weight is 223 g/mol. The van der Waals surface area contributed by atoms with Crippen molar-refractivity contribution in [1.82, 2.24) is 0 Å². The van der Waals surface area contributed by atoms with Gasteiger partial charge in [0.15, 0.2) is 0 Å². The van der Waals surface area contributed by atoms with Gasteiger partial charge in [0.2, 0.25) is 0 Å². The molecule has 0 unspecified atom stereocenters. The maximum Gasteiger partial charge on any atom is 0.119 e. The summed E-state index contributed by atoms with van der Waals surface area (Å²) in [5, 5.41) is 0. The van der Waals surface area contributed by atoms with Gasteiger partial charge in [-0.3, -0.25) is 0 Å². The summed E-state index contributed by atoms with van der Waals surface area (Å²) in [4.78, 5) is 0. The van der Waals surface area contributed by atoms with Gasteiger partial charge in [-0.05, 0) is 31.0 Å². The van der Waals surface area contributed by atoms with E-state index in [0.717, 1.165) is 24.3 Å². The topological polar surface area (TPSA) is 44.5 Å². The molecular formula is C13H21NO2. The number of ether oxygens (including phenoxy) is 2. The van der Waals surface area contributed by atoms with Crippen molar-refractivity contribution in [2.24, 2.45) is 5.73 Å². The molecule has 2 N–H and O–H groups in total. The smallest absolute Gasteiger partial charge is 0.119 e. The third-order valence-electron chi connectivity index (χ3n) is 2.45. The van der Waals surface area contributed by atoms with Crippen LogP contribution in [-0.2, 0) is 4.74 Å². The van der Waals surface area contributed by atoms with Gasteiger partial charge in [0.25, 0.3) is 0 Å². The second-order valence-corrected chi connectivity index (χ2v) is 3.63. The number of benzene rings is 1. The fourth-order valence-corrected chi connectivity index (χ4v) is 1.41. The fourth-order valence-electron chi connectivity index (χ4n) is 1.41. The normalized spacial score (nSPS) is 12.4. The molecular weight excluding hydrogens is 202 g/mol. The van der Waals surface area contributed by atoms with Crippen molar-refractivity contribution in [2.75, 3.05) is 19.8 Å². The standard InChI is InChI=1S/C13H21NO2/c1-3-13(14)11-5-7-12(8-6-11)16-10-9-15-4-2/h5-8,13H,3-4,9-10,14H2,1-2H3/t13-/m1/s1. The van der Waals surface area contributed by atoms with Crippen LogP contribution in [0, 0.1) is 0 Å². The predicted molar refractivity (Wildman–Crippen MR) is 65.6 cm³/mol. The zero-order valence-corrected chi connectivity index (χ0v) is 10.1. The first kappa shape index (κ1) is 13.0. The highest BCUT2D eigenvalue weighted by Gasteiger charge is 2.02. The van der Waals surface area contributed by atoms with Crippen LogP contribution in [0.5, 0.6) is 5.75 Å². The molecule has 0 fully saturated rings. The largest absolute Gasteiger partial charge is 0.491 e. The first-order valence-electron chi connectivity index (χ1n) is 5.84. The van der Waals surface area contributed by atoms with Gasteiger partial charge in [0, 0.05) is 12.6 Å². The van der Waals surface area contributed by atoms with E-state index in [2.05, 4.69) is 6.92 Å². The van der Waals surface area contributed by atoms with E-state index in [0.29, 0.717) is 13.2 Å². The number of hydrogen-bond donors (Lipinski definition) is 1. The number of nitrogens with two attached hydrogens (primary N) is 1. The zero-order valence-electron chi connectivity index (χ0n) is 10.1.